The highest BCUT2D eigenvalue weighted by Crippen LogP contribution is 2.16. The molecule has 0 aromatic carbocycles. The van der Waals surface area contributed by atoms with Crippen LogP contribution in [-0.2, 0) is 9.53 Å². The maximum absolute atomic E-state index is 10.0. The van der Waals surface area contributed by atoms with Gasteiger partial charge in [0.2, 0.25) is 0 Å². The number of hydrogen-bond acceptors (Lipinski definition) is 2. The Hall–Kier alpha value is -0.370. The van der Waals surface area contributed by atoms with Gasteiger partial charge in [0, 0.05) is 0 Å². The number of aldehydes is 1. The molecule has 2 atom stereocenters. The van der Waals surface area contributed by atoms with Gasteiger partial charge in [-0.15, -0.1) is 0 Å². The Labute approximate surface area is 48.8 Å². The fraction of sp³-hybridized carbons (Fsp3) is 0.833. The van der Waals surface area contributed by atoms with Crippen LogP contribution in [0.3, 0.4) is 0 Å². The fourth-order valence-corrected chi connectivity index (χ4v) is 0.934. The number of ether oxygens (including phenoxy) is 1. The zero-order valence-corrected chi connectivity index (χ0v) is 4.96. The molecule has 0 bridgehead atoms. The minimum atomic E-state index is -0.106. The average molecular weight is 114 g/mol. The maximum atomic E-state index is 10.0. The lowest BCUT2D eigenvalue weighted by atomic mass is 10.2. The van der Waals surface area contributed by atoms with Crippen molar-refractivity contribution in [2.24, 2.45) is 0 Å². The van der Waals surface area contributed by atoms with Gasteiger partial charge in [0.15, 0.2) is 0 Å². The van der Waals surface area contributed by atoms with Crippen molar-refractivity contribution in [3.05, 3.63) is 0 Å². The summed E-state index contributed by atoms with van der Waals surface area (Å²) >= 11 is 0. The molecular formula is C6H10O2. The molecule has 1 saturated heterocycles. The van der Waals surface area contributed by atoms with E-state index in [0.29, 0.717) is 6.10 Å². The Morgan fingerprint density at radius 3 is 2.62 bits per heavy atom. The van der Waals surface area contributed by atoms with E-state index in [2.05, 4.69) is 0 Å². The molecule has 1 rings (SSSR count). The first-order valence-electron chi connectivity index (χ1n) is 2.93. The average Bonchev–Trinajstić information content (AvgIpc) is 2.14. The number of hydrogen-bond donors (Lipinski definition) is 0. The highest BCUT2D eigenvalue weighted by molar-refractivity contribution is 5.56. The summed E-state index contributed by atoms with van der Waals surface area (Å²) in [4.78, 5) is 10.0. The number of carbonyl (C=O) groups excluding carboxylic acids is 1. The van der Waals surface area contributed by atoms with Crippen LogP contribution in [0.4, 0.5) is 0 Å². The van der Waals surface area contributed by atoms with Crippen LogP contribution in [0.5, 0.6) is 0 Å². The van der Waals surface area contributed by atoms with Crippen LogP contribution in [0.15, 0.2) is 0 Å². The molecule has 0 aromatic rings. The lowest BCUT2D eigenvalue weighted by Crippen LogP contribution is -2.08. The Kier molecular flexibility index (Phi) is 1.63. The van der Waals surface area contributed by atoms with Gasteiger partial charge in [0.25, 0.3) is 0 Å². The predicted molar refractivity (Wildman–Crippen MR) is 29.6 cm³/mol. The van der Waals surface area contributed by atoms with E-state index in [4.69, 9.17) is 4.74 Å². The first-order chi connectivity index (χ1) is 3.83. The van der Waals surface area contributed by atoms with Gasteiger partial charge in [0.05, 0.1) is 6.10 Å². The van der Waals surface area contributed by atoms with E-state index in [-0.39, 0.29) is 6.10 Å². The van der Waals surface area contributed by atoms with Crippen LogP contribution >= 0.6 is 0 Å². The molecule has 0 amide bonds. The van der Waals surface area contributed by atoms with Crippen LogP contribution in [0.2, 0.25) is 0 Å². The standard InChI is InChI=1S/C6H10O2/c1-5-2-3-6(4-7)8-5/h4-6H,2-3H2,1H3. The Bertz CT molecular complexity index is 90.5. The van der Waals surface area contributed by atoms with E-state index < -0.39 is 0 Å². The van der Waals surface area contributed by atoms with Gasteiger partial charge in [-0.1, -0.05) is 0 Å². The molecule has 1 aliphatic rings. The minimum absolute atomic E-state index is 0.106. The van der Waals surface area contributed by atoms with E-state index in [1.807, 2.05) is 6.92 Å². The second kappa shape index (κ2) is 2.27. The molecule has 0 N–H and O–H groups in total. The van der Waals surface area contributed by atoms with E-state index in [9.17, 15) is 4.79 Å². The van der Waals surface area contributed by atoms with E-state index in [1.165, 1.54) is 0 Å². The molecule has 0 aliphatic carbocycles. The topological polar surface area (TPSA) is 26.3 Å². The van der Waals surface area contributed by atoms with Gasteiger partial charge in [-0.2, -0.15) is 0 Å². The summed E-state index contributed by atoms with van der Waals surface area (Å²) in [5, 5.41) is 0. The molecule has 0 aromatic heterocycles. The van der Waals surface area contributed by atoms with Crippen molar-refractivity contribution in [3.8, 4) is 0 Å². The first kappa shape index (κ1) is 5.76. The van der Waals surface area contributed by atoms with Gasteiger partial charge < -0.3 is 9.53 Å². The van der Waals surface area contributed by atoms with E-state index >= 15 is 0 Å². The minimum Gasteiger partial charge on any atom is -0.368 e. The number of rotatable bonds is 1. The van der Waals surface area contributed by atoms with E-state index in [1.54, 1.807) is 0 Å². The van der Waals surface area contributed by atoms with Crippen molar-refractivity contribution in [2.45, 2.75) is 32.0 Å². The van der Waals surface area contributed by atoms with Gasteiger partial charge in [-0.25, -0.2) is 0 Å². The summed E-state index contributed by atoms with van der Waals surface area (Å²) < 4.78 is 5.14. The zero-order valence-electron chi connectivity index (χ0n) is 4.96. The molecular weight excluding hydrogens is 104 g/mol. The van der Waals surface area contributed by atoms with Gasteiger partial charge in [-0.3, -0.25) is 0 Å². The normalized spacial score (nSPS) is 37.6. The van der Waals surface area contributed by atoms with Crippen LogP contribution in [0, 0.1) is 0 Å². The first-order valence-corrected chi connectivity index (χ1v) is 2.93. The predicted octanol–water partition coefficient (Wildman–Crippen LogP) is 0.753. The third-order valence-corrected chi connectivity index (χ3v) is 1.42. The second-order valence-corrected chi connectivity index (χ2v) is 2.20. The molecule has 0 radical (unpaired) electrons. The SMILES string of the molecule is CC1CCC(C=O)O1. The van der Waals surface area contributed by atoms with Crippen molar-refractivity contribution >= 4 is 6.29 Å². The quantitative estimate of drug-likeness (QED) is 0.470. The second-order valence-electron chi connectivity index (χ2n) is 2.20. The summed E-state index contributed by atoms with van der Waals surface area (Å²) in [7, 11) is 0. The van der Waals surface area contributed by atoms with Gasteiger partial charge in [0.1, 0.15) is 12.4 Å². The maximum Gasteiger partial charge on any atom is 0.148 e. The van der Waals surface area contributed by atoms with Crippen molar-refractivity contribution in [1.29, 1.82) is 0 Å². The van der Waals surface area contributed by atoms with Crippen LogP contribution in [0.1, 0.15) is 19.8 Å². The third-order valence-electron chi connectivity index (χ3n) is 1.42. The van der Waals surface area contributed by atoms with Crippen molar-refractivity contribution in [3.63, 3.8) is 0 Å². The van der Waals surface area contributed by atoms with Crippen molar-refractivity contribution in [2.75, 3.05) is 0 Å². The molecule has 2 heteroatoms. The van der Waals surface area contributed by atoms with Crippen LogP contribution < -0.4 is 0 Å². The molecule has 1 aliphatic heterocycles. The molecule has 2 unspecified atom stereocenters. The van der Waals surface area contributed by atoms with Gasteiger partial charge in [-0.05, 0) is 19.8 Å². The molecule has 0 spiro atoms. The number of carbonyl (C=O) groups is 1. The largest absolute Gasteiger partial charge is 0.368 e. The van der Waals surface area contributed by atoms with E-state index in [0.717, 1.165) is 19.1 Å². The van der Waals surface area contributed by atoms with Crippen molar-refractivity contribution in [1.82, 2.24) is 0 Å². The summed E-state index contributed by atoms with van der Waals surface area (Å²) in [6.45, 7) is 1.99. The molecule has 46 valence electrons. The van der Waals surface area contributed by atoms with Crippen LogP contribution in [-0.4, -0.2) is 18.5 Å². The Morgan fingerprint density at radius 2 is 2.38 bits per heavy atom. The molecule has 2 nitrogen and oxygen atoms in total. The smallest absolute Gasteiger partial charge is 0.148 e. The third kappa shape index (κ3) is 1.07. The Morgan fingerprint density at radius 1 is 1.62 bits per heavy atom. The molecule has 8 heavy (non-hydrogen) atoms. The summed E-state index contributed by atoms with van der Waals surface area (Å²) in [5.41, 5.74) is 0. The molecule has 1 fully saturated rings. The fourth-order valence-electron chi connectivity index (χ4n) is 0.934. The van der Waals surface area contributed by atoms with Gasteiger partial charge >= 0.3 is 0 Å². The highest BCUT2D eigenvalue weighted by atomic mass is 16.5. The van der Waals surface area contributed by atoms with Crippen molar-refractivity contribution < 1.29 is 9.53 Å². The lowest BCUT2D eigenvalue weighted by Gasteiger charge is -2.00. The zero-order chi connectivity index (χ0) is 5.98. The summed E-state index contributed by atoms with van der Waals surface area (Å²) in [5.74, 6) is 0. The summed E-state index contributed by atoms with van der Waals surface area (Å²) in [6, 6.07) is 0. The summed E-state index contributed by atoms with van der Waals surface area (Å²) in [6.07, 6.45) is 3.01. The Balaban J connectivity index is 2.32. The van der Waals surface area contributed by atoms with Crippen LogP contribution in [0.25, 0.3) is 0 Å². The molecule has 0 saturated carbocycles. The monoisotopic (exact) mass is 114 g/mol. The highest BCUT2D eigenvalue weighted by Gasteiger charge is 2.19. The molecule has 1 heterocycles. The lowest BCUT2D eigenvalue weighted by molar-refractivity contribution is -0.117.